The van der Waals surface area contributed by atoms with Gasteiger partial charge in [-0.3, -0.25) is 9.59 Å². The zero-order valence-corrected chi connectivity index (χ0v) is 44.9. The predicted octanol–water partition coefficient (Wildman–Crippen LogP) is 10.5. The predicted molar refractivity (Wildman–Crippen MR) is 295 cm³/mol. The number of benzene rings is 4. The molecular formula is C58H68N8O6S2. The lowest BCUT2D eigenvalue weighted by Gasteiger charge is -2.28. The number of thioether (sulfide) groups is 2. The monoisotopic (exact) mass is 1040 g/mol. The van der Waals surface area contributed by atoms with Crippen LogP contribution in [-0.4, -0.2) is 117 Å². The van der Waals surface area contributed by atoms with Crippen LogP contribution in [0.2, 0.25) is 0 Å². The van der Waals surface area contributed by atoms with Crippen molar-refractivity contribution >= 4 is 47.5 Å². The molecule has 0 unspecified atom stereocenters. The molecule has 4 N–H and O–H groups in total. The smallest absolute Gasteiger partial charge is 0.407 e. The Labute approximate surface area is 443 Å². The molecule has 4 amide bonds. The number of methoxy groups -OCH3 is 2. The van der Waals surface area contributed by atoms with Gasteiger partial charge in [-0.05, 0) is 132 Å². The van der Waals surface area contributed by atoms with Gasteiger partial charge >= 0.3 is 12.2 Å². The van der Waals surface area contributed by atoms with Crippen molar-refractivity contribution < 1.29 is 28.7 Å². The van der Waals surface area contributed by atoms with E-state index in [4.69, 9.17) is 19.4 Å². The fourth-order valence-electron chi connectivity index (χ4n) is 10.9. The number of nitrogens with zero attached hydrogens (tertiary/aromatic N) is 4. The lowest BCUT2D eigenvalue weighted by molar-refractivity contribution is -0.135. The fraction of sp³-hybridized carbons (Fsp3) is 0.414. The molecule has 2 saturated heterocycles. The second kappa shape index (κ2) is 23.8. The molecule has 0 spiro atoms. The molecule has 16 heteroatoms. The number of carbonyl (C=O) groups excluding carboxylic acids is 4. The third kappa shape index (κ3) is 11.9. The molecule has 4 aliphatic carbocycles. The molecule has 4 bridgehead atoms. The molecule has 4 heterocycles. The van der Waals surface area contributed by atoms with Gasteiger partial charge in [0.2, 0.25) is 11.8 Å². The van der Waals surface area contributed by atoms with Crippen LogP contribution in [0.25, 0.3) is 44.8 Å². The minimum atomic E-state index is -0.668. The van der Waals surface area contributed by atoms with Crippen molar-refractivity contribution in [1.82, 2.24) is 40.4 Å². The van der Waals surface area contributed by atoms with Crippen molar-refractivity contribution in [3.8, 4) is 44.8 Å². The van der Waals surface area contributed by atoms with Gasteiger partial charge in [-0.1, -0.05) is 98.8 Å². The number of aromatic amines is 2. The van der Waals surface area contributed by atoms with Crippen LogP contribution in [-0.2, 0) is 44.7 Å². The van der Waals surface area contributed by atoms with Gasteiger partial charge in [0.15, 0.2) is 0 Å². The van der Waals surface area contributed by atoms with Crippen LogP contribution in [0.15, 0.2) is 97.3 Å². The molecule has 12 rings (SSSR count). The summed E-state index contributed by atoms with van der Waals surface area (Å²) < 4.78 is 9.69. The first-order valence-electron chi connectivity index (χ1n) is 25.8. The Morgan fingerprint density at radius 3 is 1.36 bits per heavy atom. The van der Waals surface area contributed by atoms with Crippen molar-refractivity contribution in [3.05, 3.63) is 131 Å². The molecule has 6 atom stereocenters. The highest BCUT2D eigenvalue weighted by Gasteiger charge is 2.41. The number of hydrogen-bond donors (Lipinski definition) is 4. The molecule has 0 radical (unpaired) electrons. The second-order valence-corrected chi connectivity index (χ2v) is 22.1. The van der Waals surface area contributed by atoms with Gasteiger partial charge in [0.1, 0.15) is 23.7 Å². The van der Waals surface area contributed by atoms with E-state index in [1.165, 1.54) is 58.7 Å². The Bertz CT molecular complexity index is 2740. The number of aromatic nitrogens is 4. The normalized spacial score (nSPS) is 19.2. The fourth-order valence-corrected chi connectivity index (χ4v) is 11.9. The quantitative estimate of drug-likeness (QED) is 0.0730. The molecule has 74 heavy (non-hydrogen) atoms. The van der Waals surface area contributed by atoms with Crippen molar-refractivity contribution in [1.29, 1.82) is 0 Å². The van der Waals surface area contributed by atoms with Crippen LogP contribution in [0.5, 0.6) is 0 Å². The first kappa shape index (κ1) is 52.3. The topological polar surface area (TPSA) is 175 Å². The van der Waals surface area contributed by atoms with Crippen molar-refractivity contribution in [2.45, 2.75) is 89.4 Å². The Kier molecular flexibility index (Phi) is 16.8. The van der Waals surface area contributed by atoms with Crippen LogP contribution >= 0.6 is 23.5 Å². The van der Waals surface area contributed by atoms with E-state index in [1.807, 2.05) is 34.7 Å². The lowest BCUT2D eigenvalue weighted by atomic mass is 9.87. The Morgan fingerprint density at radius 1 is 0.595 bits per heavy atom. The zero-order valence-electron chi connectivity index (χ0n) is 43.2. The molecule has 388 valence electrons. The van der Waals surface area contributed by atoms with E-state index in [9.17, 15) is 19.2 Å². The minimum Gasteiger partial charge on any atom is -0.453 e. The molecule has 6 aromatic rings. The van der Waals surface area contributed by atoms with Crippen LogP contribution in [0.4, 0.5) is 9.59 Å². The molecule has 14 nitrogen and oxygen atoms in total. The highest BCUT2D eigenvalue weighted by molar-refractivity contribution is 7.98. The van der Waals surface area contributed by atoms with Crippen LogP contribution in [0.1, 0.15) is 85.5 Å². The molecule has 2 fully saturated rings. The third-order valence-corrected chi connectivity index (χ3v) is 16.2. The number of hydrogen-bond acceptors (Lipinski definition) is 10. The van der Waals surface area contributed by atoms with Crippen molar-refractivity contribution in [2.75, 3.05) is 51.3 Å². The summed E-state index contributed by atoms with van der Waals surface area (Å²) in [5.74, 6) is 3.31. The Morgan fingerprint density at radius 2 is 0.986 bits per heavy atom. The number of likely N-dealkylation sites (tertiary alicyclic amines) is 2. The summed E-state index contributed by atoms with van der Waals surface area (Å²) in [6.45, 7) is 5.48. The third-order valence-electron chi connectivity index (χ3n) is 14.9. The van der Waals surface area contributed by atoms with E-state index >= 15 is 0 Å². The highest BCUT2D eigenvalue weighted by Crippen LogP contribution is 2.39. The first-order valence-corrected chi connectivity index (χ1v) is 28.6. The number of amides is 4. The van der Waals surface area contributed by atoms with Gasteiger partial charge in [-0.2, -0.15) is 23.5 Å². The van der Waals surface area contributed by atoms with Gasteiger partial charge in [-0.15, -0.1) is 0 Å². The molecule has 2 aliphatic heterocycles. The molecular weight excluding hydrogens is 969 g/mol. The number of aryl methyl sites for hydroxylation is 4. The average Bonchev–Trinajstić information content (AvgIpc) is 4.26. The maximum atomic E-state index is 13.9. The number of ether oxygens (including phenoxy) is 2. The van der Waals surface area contributed by atoms with Crippen molar-refractivity contribution in [2.24, 2.45) is 11.8 Å². The number of carbonyl (C=O) groups is 4. The van der Waals surface area contributed by atoms with Crippen LogP contribution < -0.4 is 10.6 Å². The highest BCUT2D eigenvalue weighted by atomic mass is 32.2. The van der Waals surface area contributed by atoms with E-state index in [-0.39, 0.29) is 35.7 Å². The maximum absolute atomic E-state index is 13.9. The van der Waals surface area contributed by atoms with Crippen LogP contribution in [0, 0.1) is 11.8 Å². The average molecular weight is 1040 g/mol. The molecule has 4 aromatic carbocycles. The van der Waals surface area contributed by atoms with Crippen LogP contribution in [0.3, 0.4) is 0 Å². The SMILES string of the molecule is COC(=O)N[C@@H](CCSC)C(=O)N1C[C@H](C)C[C@H]1c1nc(-c2ccc(-c3cc4ccc3CCc3ccc(c(-c5ccc(-c6c[nH]c([C@@H]7C[C@@H](C)CN7C(=O)[C@H](CCSC)NC(=O)OC)n6)cc5)c3)CC4)cc2)c[nH]1. The van der Waals surface area contributed by atoms with Gasteiger partial charge in [0, 0.05) is 36.6 Å². The van der Waals surface area contributed by atoms with E-state index in [0.29, 0.717) is 25.9 Å². The van der Waals surface area contributed by atoms with Gasteiger partial charge in [0.05, 0.1) is 37.7 Å². The first-order chi connectivity index (χ1) is 35.9. The summed E-state index contributed by atoms with van der Waals surface area (Å²) in [5.41, 5.74) is 13.7. The molecule has 0 saturated carbocycles. The number of rotatable bonds is 16. The summed E-state index contributed by atoms with van der Waals surface area (Å²) in [6, 6.07) is 29.5. The maximum Gasteiger partial charge on any atom is 0.407 e. The Hall–Kier alpha value is -6.52. The number of H-pyrrole nitrogens is 2. The van der Waals surface area contributed by atoms with Gasteiger partial charge in [-0.25, -0.2) is 19.6 Å². The second-order valence-electron chi connectivity index (χ2n) is 20.1. The summed E-state index contributed by atoms with van der Waals surface area (Å²) in [5, 5.41) is 5.53. The van der Waals surface area contributed by atoms with Gasteiger partial charge in [0.25, 0.3) is 0 Å². The minimum absolute atomic E-state index is 0.112. The largest absolute Gasteiger partial charge is 0.453 e. The number of alkyl carbamates (subject to hydrolysis) is 2. The number of nitrogens with one attached hydrogen (secondary N) is 4. The van der Waals surface area contributed by atoms with E-state index in [1.54, 1.807) is 23.5 Å². The summed E-state index contributed by atoms with van der Waals surface area (Å²) >= 11 is 3.27. The number of imidazole rings is 2. The molecule has 2 aromatic heterocycles. The van der Waals surface area contributed by atoms with E-state index in [0.717, 1.165) is 84.2 Å². The van der Waals surface area contributed by atoms with E-state index < -0.39 is 24.3 Å². The summed E-state index contributed by atoms with van der Waals surface area (Å²) in [6.07, 6.45) is 12.8. The Balaban J connectivity index is 0.874. The zero-order chi connectivity index (χ0) is 51.9. The standard InChI is InChI=1S/C58H68N8O6S2/c1-35-27-51(65(33-35)55(67)47(23-25-73-5)63-57(69)71-3)53-59-31-49(61-53)43-19-15-41(16-20-43)45-29-37-7-11-39(45)13-9-38-8-12-40(14-10-37)46(30-38)42-17-21-44(22-18-42)50-32-60-54(62-50)52-28-36(2)34-66(52)56(68)48(24-26-74-6)64-58(70)72-4/h7-8,11-12,15-22,29-32,35-36,47-48,51-52H,9-10,13-14,23-28,33-34H2,1-6H3,(H,59,61)(H,60,62)(H,63,69)(H,64,70)/t35-,36-,47+,48+,51+,52+/m1/s1. The van der Waals surface area contributed by atoms with Crippen molar-refractivity contribution in [3.63, 3.8) is 0 Å². The summed E-state index contributed by atoms with van der Waals surface area (Å²) in [7, 11) is 2.63. The molecule has 6 aliphatic rings. The van der Waals surface area contributed by atoms with E-state index in [2.05, 4.69) is 119 Å². The lowest BCUT2D eigenvalue weighted by Crippen LogP contribution is -2.49. The van der Waals surface area contributed by atoms with Gasteiger partial charge < -0.3 is 39.9 Å². The summed E-state index contributed by atoms with van der Waals surface area (Å²) in [4.78, 5) is 72.8.